The van der Waals surface area contributed by atoms with Crippen LogP contribution in [-0.4, -0.2) is 42.1 Å². The number of hydrogen-bond acceptors (Lipinski definition) is 10. The van der Waals surface area contributed by atoms with Gasteiger partial charge in [0.15, 0.2) is 15.9 Å². The third-order valence-corrected chi connectivity index (χ3v) is 8.51. The second-order valence-corrected chi connectivity index (χ2v) is 9.47. The van der Waals surface area contributed by atoms with Gasteiger partial charge < -0.3 is 29.6 Å². The third-order valence-electron chi connectivity index (χ3n) is 5.96. The van der Waals surface area contributed by atoms with E-state index in [9.17, 15) is 24.7 Å². The first-order valence-electron chi connectivity index (χ1n) is 9.51. The highest BCUT2D eigenvalue weighted by atomic mass is 32.1. The van der Waals surface area contributed by atoms with Crippen molar-refractivity contribution >= 4 is 84.0 Å². The van der Waals surface area contributed by atoms with Gasteiger partial charge in [0.1, 0.15) is 5.75 Å². The van der Waals surface area contributed by atoms with Crippen molar-refractivity contribution in [2.75, 3.05) is 7.11 Å². The summed E-state index contributed by atoms with van der Waals surface area (Å²) in [7, 11) is 0.200. The van der Waals surface area contributed by atoms with Crippen molar-refractivity contribution in [2.24, 2.45) is 0 Å². The molecule has 8 nitrogen and oxygen atoms in total. The summed E-state index contributed by atoms with van der Waals surface area (Å²) in [4.78, 5) is 27.0. The number of fused-ring (bicyclic) bond motifs is 6. The summed E-state index contributed by atoms with van der Waals surface area (Å²) in [5, 5.41) is 41.1. The van der Waals surface area contributed by atoms with Gasteiger partial charge in [0, 0.05) is 42.0 Å². The molecule has 0 amide bonds. The van der Waals surface area contributed by atoms with E-state index in [-0.39, 0.29) is 32.2 Å². The first kappa shape index (κ1) is 21.4. The zero-order valence-electron chi connectivity index (χ0n) is 17.1. The van der Waals surface area contributed by atoms with E-state index in [0.717, 1.165) is 22.7 Å². The molecule has 0 aliphatic rings. The molecular formula is C20H15B2O8S2. The minimum Gasteiger partial charge on any atom is -0.530 e. The van der Waals surface area contributed by atoms with E-state index in [1.54, 1.807) is 13.8 Å². The Morgan fingerprint density at radius 3 is 2.12 bits per heavy atom. The molecule has 161 valence electrons. The van der Waals surface area contributed by atoms with Crippen LogP contribution in [0.25, 0.3) is 41.7 Å². The van der Waals surface area contributed by atoms with Crippen LogP contribution >= 0.6 is 22.7 Å². The van der Waals surface area contributed by atoms with Crippen LogP contribution in [0.1, 0.15) is 16.7 Å². The lowest BCUT2D eigenvalue weighted by Crippen LogP contribution is -2.29. The van der Waals surface area contributed by atoms with E-state index in [0.29, 0.717) is 60.4 Å². The monoisotopic (exact) mass is 469 g/mol. The average Bonchev–Trinajstić information content (AvgIpc) is 3.44. The fourth-order valence-electron chi connectivity index (χ4n) is 4.65. The van der Waals surface area contributed by atoms with Crippen molar-refractivity contribution in [1.82, 2.24) is 0 Å². The Bertz CT molecular complexity index is 1660. The molecule has 0 bridgehead atoms. The van der Waals surface area contributed by atoms with Gasteiger partial charge in [-0.1, -0.05) is 11.3 Å². The molecule has 0 aliphatic heterocycles. The molecule has 5 rings (SSSR count). The molecular weight excluding hydrogens is 454 g/mol. The molecule has 0 aliphatic carbocycles. The lowest BCUT2D eigenvalue weighted by molar-refractivity contribution is 0.285. The summed E-state index contributed by atoms with van der Waals surface area (Å²) in [5.74, 6) is 0.212. The van der Waals surface area contributed by atoms with Crippen LogP contribution in [0.4, 0.5) is 0 Å². The van der Waals surface area contributed by atoms with Crippen molar-refractivity contribution in [3.05, 3.63) is 37.1 Å². The summed E-state index contributed by atoms with van der Waals surface area (Å²) in [5.41, 5.74) is 0.591. The molecule has 2 heterocycles. The van der Waals surface area contributed by atoms with E-state index >= 15 is 0 Å². The van der Waals surface area contributed by atoms with Crippen LogP contribution in [0.3, 0.4) is 0 Å². The smallest absolute Gasteiger partial charge is 0.530 e. The minimum atomic E-state index is -1.74. The lowest BCUT2D eigenvalue weighted by Gasteiger charge is -2.09. The van der Waals surface area contributed by atoms with Gasteiger partial charge in [0.05, 0.1) is 23.8 Å². The molecule has 0 atom stereocenters. The third kappa shape index (κ3) is 2.47. The van der Waals surface area contributed by atoms with E-state index in [4.69, 9.17) is 14.4 Å². The van der Waals surface area contributed by atoms with Gasteiger partial charge in [-0.2, -0.15) is 0 Å². The highest BCUT2D eigenvalue weighted by molar-refractivity contribution is 7.29. The SMILES string of the molecule is COc1c2c(=O)c3c(C)c(O[B]O)sc3c2c(CO)c2c(=O)c3c(C)c(B(O)O)sc3c12. The maximum Gasteiger partial charge on any atom is 0.569 e. The quantitative estimate of drug-likeness (QED) is 0.277. The molecule has 0 unspecified atom stereocenters. The van der Waals surface area contributed by atoms with Crippen molar-refractivity contribution in [3.63, 3.8) is 0 Å². The van der Waals surface area contributed by atoms with Crippen LogP contribution in [-0.2, 0) is 6.61 Å². The summed E-state index contributed by atoms with van der Waals surface area (Å²) in [6.45, 7) is 2.83. The number of hydrogen-bond donors (Lipinski definition) is 4. The molecule has 0 saturated carbocycles. The predicted molar refractivity (Wildman–Crippen MR) is 128 cm³/mol. The Kier molecular flexibility index (Phi) is 4.86. The Morgan fingerprint density at radius 2 is 1.53 bits per heavy atom. The summed E-state index contributed by atoms with van der Waals surface area (Å²) in [6.07, 6.45) is 0. The molecule has 4 N–H and O–H groups in total. The molecule has 3 aromatic carbocycles. The first-order valence-corrected chi connectivity index (χ1v) is 11.1. The number of aliphatic hydroxyl groups excluding tert-OH is 1. The lowest BCUT2D eigenvalue weighted by atomic mass is 9.86. The molecule has 12 heteroatoms. The topological polar surface area (TPSA) is 134 Å². The van der Waals surface area contributed by atoms with Gasteiger partial charge in [-0.25, -0.2) is 0 Å². The number of benzene rings is 1. The maximum absolute atomic E-state index is 13.5. The predicted octanol–water partition coefficient (Wildman–Crippen LogP) is 0.721. The highest BCUT2D eigenvalue weighted by Gasteiger charge is 2.32. The number of ether oxygens (including phenoxy) is 1. The van der Waals surface area contributed by atoms with Gasteiger partial charge in [-0.15, -0.1) is 11.3 Å². The summed E-state index contributed by atoms with van der Waals surface area (Å²) in [6, 6.07) is 0. The number of rotatable bonds is 5. The van der Waals surface area contributed by atoms with E-state index in [1.807, 2.05) is 0 Å². The maximum atomic E-state index is 13.5. The molecule has 0 fully saturated rings. The van der Waals surface area contributed by atoms with Crippen LogP contribution in [0.5, 0.6) is 10.8 Å². The zero-order valence-corrected chi connectivity index (χ0v) is 18.7. The Hall–Kier alpha value is -2.47. The molecule has 0 spiro atoms. The molecule has 0 saturated heterocycles. The van der Waals surface area contributed by atoms with Crippen molar-refractivity contribution in [3.8, 4) is 10.8 Å². The number of aryl methyl sites for hydroxylation is 2. The number of aliphatic hydroxyl groups is 1. The minimum absolute atomic E-state index is 0.212. The van der Waals surface area contributed by atoms with Crippen molar-refractivity contribution < 1.29 is 29.6 Å². The van der Waals surface area contributed by atoms with Gasteiger partial charge in [0.2, 0.25) is 0 Å². The van der Waals surface area contributed by atoms with Gasteiger partial charge in [0.25, 0.3) is 0 Å². The number of thiophene rings is 2. The average molecular weight is 469 g/mol. The van der Waals surface area contributed by atoms with Crippen LogP contribution in [0.2, 0.25) is 0 Å². The largest absolute Gasteiger partial charge is 0.569 e. The standard InChI is InChI=1S/C20H15B2O8S2/c1-5-8-14(24)10-7(4-23)11-12(15(25)9-6(2)20(30-21-26)32-17(9)11)16(29-3)13(10)18(8)31-19(5)22(27)28/h23,26-28H,4H2,1-3H3. The fraction of sp³-hybridized carbons (Fsp3) is 0.200. The molecule has 32 heavy (non-hydrogen) atoms. The van der Waals surface area contributed by atoms with Gasteiger partial charge in [-0.05, 0) is 25.0 Å². The van der Waals surface area contributed by atoms with E-state index in [1.165, 1.54) is 7.11 Å². The van der Waals surface area contributed by atoms with Gasteiger partial charge >= 0.3 is 14.8 Å². The Labute approximate surface area is 189 Å². The molecule has 5 aromatic rings. The Balaban J connectivity index is 2.10. The fourth-order valence-corrected chi connectivity index (χ4v) is 7.09. The normalized spacial score (nSPS) is 12.0. The van der Waals surface area contributed by atoms with E-state index < -0.39 is 13.7 Å². The van der Waals surface area contributed by atoms with Crippen LogP contribution < -0.4 is 25.0 Å². The summed E-state index contributed by atoms with van der Waals surface area (Å²) >= 11 is 2.19. The van der Waals surface area contributed by atoms with Crippen molar-refractivity contribution in [2.45, 2.75) is 20.5 Å². The second kappa shape index (κ2) is 7.27. The van der Waals surface area contributed by atoms with Crippen molar-refractivity contribution in [1.29, 1.82) is 0 Å². The van der Waals surface area contributed by atoms with Gasteiger partial charge in [-0.3, -0.25) is 9.59 Å². The van der Waals surface area contributed by atoms with Crippen LogP contribution in [0, 0.1) is 13.8 Å². The van der Waals surface area contributed by atoms with E-state index in [2.05, 4.69) is 0 Å². The highest BCUT2D eigenvalue weighted by Crippen LogP contribution is 2.48. The second-order valence-electron chi connectivity index (χ2n) is 7.44. The molecule has 2 aromatic heterocycles. The van der Waals surface area contributed by atoms with Crippen LogP contribution in [0.15, 0.2) is 9.59 Å². The Morgan fingerprint density at radius 1 is 0.906 bits per heavy atom. The zero-order chi connectivity index (χ0) is 23.1. The first-order chi connectivity index (χ1) is 15.3. The number of methoxy groups -OCH3 is 1. The summed E-state index contributed by atoms with van der Waals surface area (Å²) < 4.78 is 12.0. The molecule has 1 radical (unpaired) electrons.